The summed E-state index contributed by atoms with van der Waals surface area (Å²) >= 11 is 5.72. The zero-order chi connectivity index (χ0) is 18.4. The van der Waals surface area contributed by atoms with Crippen molar-refractivity contribution in [3.63, 3.8) is 0 Å². The minimum Gasteiger partial charge on any atom is -0.329 e. The second-order valence-corrected chi connectivity index (χ2v) is 7.66. The van der Waals surface area contributed by atoms with Crippen molar-refractivity contribution < 1.29 is 18.8 Å². The molecule has 5 nitrogen and oxygen atoms in total. The van der Waals surface area contributed by atoms with E-state index in [4.69, 9.17) is 11.6 Å². The van der Waals surface area contributed by atoms with Crippen molar-refractivity contribution >= 4 is 34.9 Å². The Balaban J connectivity index is 1.89. The third-order valence-corrected chi connectivity index (χ3v) is 4.74. The van der Waals surface area contributed by atoms with Gasteiger partial charge in [-0.2, -0.15) is 0 Å². The van der Waals surface area contributed by atoms with E-state index in [1.54, 1.807) is 0 Å². The van der Waals surface area contributed by atoms with Crippen molar-refractivity contribution in [2.45, 2.75) is 33.1 Å². The highest BCUT2D eigenvalue weighted by Gasteiger charge is 2.42. The first-order valence-electron chi connectivity index (χ1n) is 7.98. The molecule has 0 aromatic heterocycles. The van der Waals surface area contributed by atoms with Crippen molar-refractivity contribution in [1.29, 1.82) is 0 Å². The van der Waals surface area contributed by atoms with Crippen LogP contribution in [0.1, 0.15) is 33.1 Å². The monoisotopic (exact) mass is 364 g/mol. The third-order valence-electron chi connectivity index (χ3n) is 4.45. The summed E-state index contributed by atoms with van der Waals surface area (Å²) in [5.41, 5.74) is 0.971. The number of allylic oxidation sites excluding steroid dienone is 1. The van der Waals surface area contributed by atoms with Gasteiger partial charge in [0.25, 0.3) is 0 Å². The van der Waals surface area contributed by atoms with E-state index in [2.05, 4.69) is 10.6 Å². The van der Waals surface area contributed by atoms with Gasteiger partial charge in [-0.1, -0.05) is 25.4 Å². The number of amides is 2. The first-order valence-corrected chi connectivity index (χ1v) is 8.36. The van der Waals surface area contributed by atoms with Gasteiger partial charge in [0.1, 0.15) is 5.82 Å². The number of anilines is 1. The van der Waals surface area contributed by atoms with Crippen LogP contribution in [0.5, 0.6) is 0 Å². The molecule has 0 radical (unpaired) electrons. The van der Waals surface area contributed by atoms with Gasteiger partial charge in [-0.3, -0.25) is 14.4 Å². The first kappa shape index (κ1) is 17.6. The van der Waals surface area contributed by atoms with Gasteiger partial charge >= 0.3 is 0 Å². The number of nitrogens with one attached hydrogen (secondary N) is 2. The normalized spacial score (nSPS) is 22.3. The Morgan fingerprint density at radius 1 is 1.32 bits per heavy atom. The highest BCUT2D eigenvalue weighted by atomic mass is 35.5. The zero-order valence-corrected chi connectivity index (χ0v) is 14.7. The van der Waals surface area contributed by atoms with Crippen LogP contribution in [0.15, 0.2) is 29.5 Å². The standard InChI is InChI=1S/C18H18ClFN2O3/c1-18(2)7-13-16(14(23)8-18)10(6-15(24)22-13)17(25)21-9-3-4-12(20)11(19)5-9/h3-5,10H,6-8H2,1-2H3,(H,21,25)(H,22,24)/t10-/m0/s1. The lowest BCUT2D eigenvalue weighted by molar-refractivity contribution is -0.129. The lowest BCUT2D eigenvalue weighted by atomic mass is 9.71. The van der Waals surface area contributed by atoms with Gasteiger partial charge in [-0.05, 0) is 30.0 Å². The molecule has 1 aromatic rings. The van der Waals surface area contributed by atoms with Crippen molar-refractivity contribution in [3.05, 3.63) is 40.3 Å². The Hall–Kier alpha value is -2.21. The predicted octanol–water partition coefficient (Wildman–Crippen LogP) is 3.20. The summed E-state index contributed by atoms with van der Waals surface area (Å²) in [6, 6.07) is 3.81. The molecule has 0 unspecified atom stereocenters. The van der Waals surface area contributed by atoms with Gasteiger partial charge in [-0.15, -0.1) is 0 Å². The number of rotatable bonds is 2. The number of carbonyl (C=O) groups excluding carboxylic acids is 3. The Morgan fingerprint density at radius 3 is 2.72 bits per heavy atom. The van der Waals surface area contributed by atoms with E-state index in [0.717, 1.165) is 6.07 Å². The molecule has 2 N–H and O–H groups in total. The van der Waals surface area contributed by atoms with Gasteiger partial charge < -0.3 is 10.6 Å². The van der Waals surface area contributed by atoms with Gasteiger partial charge in [0.15, 0.2) is 5.78 Å². The molecule has 1 aromatic carbocycles. The van der Waals surface area contributed by atoms with Crippen molar-refractivity contribution in [3.8, 4) is 0 Å². The third kappa shape index (κ3) is 3.58. The summed E-state index contributed by atoms with van der Waals surface area (Å²) in [7, 11) is 0. The van der Waals surface area contributed by atoms with Gasteiger partial charge in [-0.25, -0.2) is 4.39 Å². The first-order chi connectivity index (χ1) is 11.7. The highest BCUT2D eigenvalue weighted by Crippen LogP contribution is 2.40. The minimum atomic E-state index is -0.851. The maximum absolute atomic E-state index is 13.2. The minimum absolute atomic E-state index is 0.0915. The van der Waals surface area contributed by atoms with Crippen LogP contribution in [0.25, 0.3) is 0 Å². The van der Waals surface area contributed by atoms with Gasteiger partial charge in [0.2, 0.25) is 11.8 Å². The van der Waals surface area contributed by atoms with E-state index in [0.29, 0.717) is 29.8 Å². The molecule has 1 aliphatic heterocycles. The molecule has 1 heterocycles. The number of benzene rings is 1. The summed E-state index contributed by atoms with van der Waals surface area (Å²) in [5, 5.41) is 5.24. The fourth-order valence-electron chi connectivity index (χ4n) is 3.38. The summed E-state index contributed by atoms with van der Waals surface area (Å²) in [5.74, 6) is -2.33. The summed E-state index contributed by atoms with van der Waals surface area (Å²) < 4.78 is 13.2. The zero-order valence-electron chi connectivity index (χ0n) is 13.9. The summed E-state index contributed by atoms with van der Waals surface area (Å²) in [4.78, 5) is 37.2. The molecule has 1 aliphatic carbocycles. The molecule has 7 heteroatoms. The molecule has 0 spiro atoms. The smallest absolute Gasteiger partial charge is 0.232 e. The lowest BCUT2D eigenvalue weighted by Gasteiger charge is -2.37. The van der Waals surface area contributed by atoms with Crippen molar-refractivity contribution in [2.24, 2.45) is 11.3 Å². The molecule has 132 valence electrons. The largest absolute Gasteiger partial charge is 0.329 e. The van der Waals surface area contributed by atoms with E-state index >= 15 is 0 Å². The number of hydrogen-bond donors (Lipinski definition) is 2. The average molecular weight is 365 g/mol. The molecule has 0 saturated carbocycles. The van der Waals surface area contributed by atoms with E-state index in [1.807, 2.05) is 13.8 Å². The van der Waals surface area contributed by atoms with Gasteiger partial charge in [0, 0.05) is 29.8 Å². The molecule has 2 amide bonds. The van der Waals surface area contributed by atoms with Crippen LogP contribution in [0.2, 0.25) is 5.02 Å². The summed E-state index contributed by atoms with van der Waals surface area (Å²) in [6.07, 6.45) is 0.769. The number of halogens is 2. The average Bonchev–Trinajstić information content (AvgIpc) is 2.48. The summed E-state index contributed by atoms with van der Waals surface area (Å²) in [6.45, 7) is 3.90. The molecule has 25 heavy (non-hydrogen) atoms. The second kappa shape index (κ2) is 6.26. The van der Waals surface area contributed by atoms with Crippen LogP contribution in [-0.4, -0.2) is 17.6 Å². The number of carbonyl (C=O) groups is 3. The number of hydrogen-bond acceptors (Lipinski definition) is 3. The number of ketones is 1. The Labute approximate surface area is 149 Å². The van der Waals surface area contributed by atoms with Crippen LogP contribution < -0.4 is 10.6 Å². The van der Waals surface area contributed by atoms with Crippen molar-refractivity contribution in [2.75, 3.05) is 5.32 Å². The Morgan fingerprint density at radius 2 is 2.04 bits per heavy atom. The van der Waals surface area contributed by atoms with E-state index in [9.17, 15) is 18.8 Å². The SMILES string of the molecule is CC1(C)CC(=O)C2=C(C1)NC(=O)C[C@@H]2C(=O)Nc1ccc(F)c(Cl)c1. The number of Topliss-reactive ketones (excluding diaryl/α,β-unsaturated/α-hetero) is 1. The molecule has 0 fully saturated rings. The van der Waals surface area contributed by atoms with E-state index < -0.39 is 17.6 Å². The second-order valence-electron chi connectivity index (χ2n) is 7.26. The Bertz CT molecular complexity index is 817. The fraction of sp³-hybridized carbons (Fsp3) is 0.389. The fourth-order valence-corrected chi connectivity index (χ4v) is 3.56. The molecular weight excluding hydrogens is 347 g/mol. The van der Waals surface area contributed by atoms with Crippen LogP contribution in [0.3, 0.4) is 0 Å². The highest BCUT2D eigenvalue weighted by molar-refractivity contribution is 6.31. The van der Waals surface area contributed by atoms with Crippen LogP contribution in [-0.2, 0) is 14.4 Å². The Kier molecular flexibility index (Phi) is 4.41. The van der Waals surface area contributed by atoms with Crippen LogP contribution >= 0.6 is 11.6 Å². The molecule has 2 aliphatic rings. The molecular formula is C18H18ClFN2O3. The van der Waals surface area contributed by atoms with Crippen LogP contribution in [0.4, 0.5) is 10.1 Å². The van der Waals surface area contributed by atoms with Gasteiger partial charge in [0.05, 0.1) is 10.9 Å². The quantitative estimate of drug-likeness (QED) is 0.846. The van der Waals surface area contributed by atoms with E-state index in [1.165, 1.54) is 12.1 Å². The maximum Gasteiger partial charge on any atom is 0.232 e. The lowest BCUT2D eigenvalue weighted by Crippen LogP contribution is -2.44. The predicted molar refractivity (Wildman–Crippen MR) is 91.3 cm³/mol. The molecule has 3 rings (SSSR count). The molecule has 0 bridgehead atoms. The molecule has 1 atom stereocenters. The van der Waals surface area contributed by atoms with Crippen molar-refractivity contribution in [1.82, 2.24) is 5.32 Å². The topological polar surface area (TPSA) is 75.3 Å². The van der Waals surface area contributed by atoms with E-state index in [-0.39, 0.29) is 28.5 Å². The maximum atomic E-state index is 13.2. The molecule has 0 saturated heterocycles. The van der Waals surface area contributed by atoms with Crippen LogP contribution in [0, 0.1) is 17.2 Å².